The molecule has 0 aromatic carbocycles. The number of carbonyl (C=O) groups is 2. The average Bonchev–Trinajstić information content (AvgIpc) is 2.70. The molecule has 18 heavy (non-hydrogen) atoms. The first kappa shape index (κ1) is 13.8. The zero-order valence-corrected chi connectivity index (χ0v) is 10.1. The highest BCUT2D eigenvalue weighted by molar-refractivity contribution is 5.76. The number of hydrogen-bond donors (Lipinski definition) is 1. The molecule has 0 unspecified atom stereocenters. The lowest BCUT2D eigenvalue weighted by Gasteiger charge is -2.18. The Labute approximate surface area is 104 Å². The minimum Gasteiger partial charge on any atom is -0.480 e. The van der Waals surface area contributed by atoms with E-state index in [1.807, 2.05) is 0 Å². The molecule has 0 aliphatic rings. The molecule has 0 aliphatic carbocycles. The predicted octanol–water partition coefficient (Wildman–Crippen LogP) is 0.629. The lowest BCUT2D eigenvalue weighted by Crippen LogP contribution is -2.35. The van der Waals surface area contributed by atoms with E-state index in [-0.39, 0.29) is 13.2 Å². The van der Waals surface area contributed by atoms with Crippen LogP contribution in [0.15, 0.2) is 25.0 Å². The Balaban J connectivity index is 2.68. The highest BCUT2D eigenvalue weighted by atomic mass is 16.6. The number of amides is 1. The van der Waals surface area contributed by atoms with E-state index in [1.54, 1.807) is 24.1 Å². The van der Waals surface area contributed by atoms with Crippen molar-refractivity contribution in [3.63, 3.8) is 0 Å². The smallest absolute Gasteiger partial charge is 0.410 e. The summed E-state index contributed by atoms with van der Waals surface area (Å²) in [5.74, 6) is -1.10. The van der Waals surface area contributed by atoms with Crippen LogP contribution in [0.5, 0.6) is 0 Å². The number of hydrogen-bond acceptors (Lipinski definition) is 4. The second-order valence-corrected chi connectivity index (χ2v) is 3.64. The fourth-order valence-corrected chi connectivity index (χ4v) is 1.34. The molecule has 1 aromatic rings. The molecule has 0 atom stereocenters. The van der Waals surface area contributed by atoms with Gasteiger partial charge in [0.05, 0.1) is 12.7 Å². The highest BCUT2D eigenvalue weighted by Gasteiger charge is 2.18. The molecule has 0 aliphatic heterocycles. The molecule has 0 spiro atoms. The zero-order valence-electron chi connectivity index (χ0n) is 10.1. The maximum atomic E-state index is 11.6. The molecule has 0 bridgehead atoms. The Morgan fingerprint density at radius 2 is 2.39 bits per heavy atom. The summed E-state index contributed by atoms with van der Waals surface area (Å²) < 4.78 is 6.38. The van der Waals surface area contributed by atoms with Crippen LogP contribution in [0.3, 0.4) is 0 Å². The van der Waals surface area contributed by atoms with Gasteiger partial charge in [-0.25, -0.2) is 4.79 Å². The first-order valence-corrected chi connectivity index (χ1v) is 5.25. The number of aliphatic carboxylic acids is 1. The minimum atomic E-state index is -1.10. The monoisotopic (exact) mass is 253 g/mol. The maximum Gasteiger partial charge on any atom is 0.410 e. The molecule has 1 N–H and O–H groups in total. The average molecular weight is 253 g/mol. The quantitative estimate of drug-likeness (QED) is 0.751. The van der Waals surface area contributed by atoms with Crippen molar-refractivity contribution in [2.75, 3.05) is 13.2 Å². The van der Waals surface area contributed by atoms with Crippen LogP contribution in [0.2, 0.25) is 0 Å². The lowest BCUT2D eigenvalue weighted by atomic mass is 10.3. The fraction of sp³-hybridized carbons (Fsp3) is 0.364. The van der Waals surface area contributed by atoms with Crippen LogP contribution >= 0.6 is 0 Å². The molecule has 0 saturated heterocycles. The summed E-state index contributed by atoms with van der Waals surface area (Å²) in [6, 6.07) is 0. The Bertz CT molecular complexity index is 441. The van der Waals surface area contributed by atoms with Gasteiger partial charge in [0.1, 0.15) is 13.2 Å². The van der Waals surface area contributed by atoms with E-state index in [2.05, 4.69) is 11.7 Å². The summed E-state index contributed by atoms with van der Waals surface area (Å²) in [5, 5.41) is 12.7. The van der Waals surface area contributed by atoms with Crippen molar-refractivity contribution >= 4 is 12.1 Å². The van der Waals surface area contributed by atoms with E-state index in [4.69, 9.17) is 9.84 Å². The number of rotatable bonds is 6. The molecule has 1 aromatic heterocycles. The van der Waals surface area contributed by atoms with Crippen LogP contribution in [-0.2, 0) is 23.1 Å². The highest BCUT2D eigenvalue weighted by Crippen LogP contribution is 2.05. The van der Waals surface area contributed by atoms with Crippen LogP contribution in [0, 0.1) is 0 Å². The normalized spacial score (nSPS) is 9.83. The molecule has 7 heteroatoms. The second kappa shape index (κ2) is 6.43. The van der Waals surface area contributed by atoms with E-state index in [0.717, 1.165) is 10.5 Å². The molecule has 0 saturated carbocycles. The molecule has 1 rings (SSSR count). The van der Waals surface area contributed by atoms with Crippen LogP contribution in [0.4, 0.5) is 4.79 Å². The summed E-state index contributed by atoms with van der Waals surface area (Å²) >= 11 is 0. The summed E-state index contributed by atoms with van der Waals surface area (Å²) in [4.78, 5) is 23.4. The summed E-state index contributed by atoms with van der Waals surface area (Å²) in [5.41, 5.74) is 0.731. The SMILES string of the molecule is C=CCOC(=O)N(CC(=O)O)Cc1cnn(C)c1. The molecular weight excluding hydrogens is 238 g/mol. The van der Waals surface area contributed by atoms with Gasteiger partial charge in [0.25, 0.3) is 0 Å². The van der Waals surface area contributed by atoms with Crippen molar-refractivity contribution in [3.8, 4) is 0 Å². The molecular formula is C11H15N3O4. The van der Waals surface area contributed by atoms with E-state index in [9.17, 15) is 9.59 Å². The Kier molecular flexibility index (Phi) is 4.91. The summed E-state index contributed by atoms with van der Waals surface area (Å²) in [7, 11) is 1.74. The molecule has 0 fully saturated rings. The first-order valence-electron chi connectivity index (χ1n) is 5.25. The third-order valence-electron chi connectivity index (χ3n) is 2.04. The summed E-state index contributed by atoms with van der Waals surface area (Å²) in [6.07, 6.45) is 3.99. The van der Waals surface area contributed by atoms with Crippen molar-refractivity contribution in [3.05, 3.63) is 30.6 Å². The van der Waals surface area contributed by atoms with Gasteiger partial charge in [-0.3, -0.25) is 14.4 Å². The molecule has 1 heterocycles. The second-order valence-electron chi connectivity index (χ2n) is 3.64. The third kappa shape index (κ3) is 4.28. The van der Waals surface area contributed by atoms with Gasteiger partial charge >= 0.3 is 12.1 Å². The first-order chi connectivity index (χ1) is 8.52. The van der Waals surface area contributed by atoms with Crippen molar-refractivity contribution < 1.29 is 19.4 Å². The van der Waals surface area contributed by atoms with Gasteiger partial charge in [0.15, 0.2) is 0 Å². The number of aromatic nitrogens is 2. The van der Waals surface area contributed by atoms with Gasteiger partial charge in [-0.05, 0) is 0 Å². The van der Waals surface area contributed by atoms with E-state index in [1.165, 1.54) is 6.08 Å². The van der Waals surface area contributed by atoms with E-state index < -0.39 is 18.6 Å². The van der Waals surface area contributed by atoms with Gasteiger partial charge in [-0.1, -0.05) is 12.7 Å². The molecule has 1 amide bonds. The van der Waals surface area contributed by atoms with Gasteiger partial charge in [0, 0.05) is 18.8 Å². The number of nitrogens with zero attached hydrogens (tertiary/aromatic N) is 3. The number of aryl methyl sites for hydroxylation is 1. The van der Waals surface area contributed by atoms with Gasteiger partial charge in [-0.2, -0.15) is 5.10 Å². The van der Waals surface area contributed by atoms with E-state index >= 15 is 0 Å². The van der Waals surface area contributed by atoms with Crippen LogP contribution < -0.4 is 0 Å². The number of ether oxygens (including phenoxy) is 1. The largest absolute Gasteiger partial charge is 0.480 e. The Hall–Kier alpha value is -2.31. The third-order valence-corrected chi connectivity index (χ3v) is 2.04. The number of carboxylic acids is 1. The van der Waals surface area contributed by atoms with Crippen LogP contribution in [0.25, 0.3) is 0 Å². The Morgan fingerprint density at radius 1 is 1.67 bits per heavy atom. The maximum absolute atomic E-state index is 11.6. The summed E-state index contributed by atoms with van der Waals surface area (Å²) in [6.45, 7) is 3.17. The van der Waals surface area contributed by atoms with Crippen LogP contribution in [0.1, 0.15) is 5.56 Å². The zero-order chi connectivity index (χ0) is 13.5. The minimum absolute atomic E-state index is 0.0436. The van der Waals surface area contributed by atoms with Crippen molar-refractivity contribution in [1.29, 1.82) is 0 Å². The number of carboxylic acid groups (broad SMARTS) is 1. The topological polar surface area (TPSA) is 84.7 Å². The van der Waals surface area contributed by atoms with Gasteiger partial charge in [-0.15, -0.1) is 0 Å². The van der Waals surface area contributed by atoms with Crippen LogP contribution in [-0.4, -0.2) is 45.0 Å². The lowest BCUT2D eigenvalue weighted by molar-refractivity contribution is -0.138. The van der Waals surface area contributed by atoms with E-state index in [0.29, 0.717) is 0 Å². The molecule has 7 nitrogen and oxygen atoms in total. The van der Waals surface area contributed by atoms with Crippen molar-refractivity contribution in [1.82, 2.24) is 14.7 Å². The van der Waals surface area contributed by atoms with Gasteiger partial charge < -0.3 is 9.84 Å². The van der Waals surface area contributed by atoms with Crippen molar-refractivity contribution in [2.45, 2.75) is 6.54 Å². The van der Waals surface area contributed by atoms with Crippen molar-refractivity contribution in [2.24, 2.45) is 7.05 Å². The number of carbonyl (C=O) groups excluding carboxylic acids is 1. The Morgan fingerprint density at radius 3 is 2.89 bits per heavy atom. The fourth-order valence-electron chi connectivity index (χ4n) is 1.34. The predicted molar refractivity (Wildman–Crippen MR) is 62.8 cm³/mol. The van der Waals surface area contributed by atoms with Gasteiger partial charge in [0.2, 0.25) is 0 Å². The molecule has 0 radical (unpaired) electrons. The molecule has 98 valence electrons. The standard InChI is InChI=1S/C11H15N3O4/c1-3-4-18-11(17)14(8-10(15)16)7-9-5-12-13(2)6-9/h3,5-6H,1,4,7-8H2,2H3,(H,15,16).